The van der Waals surface area contributed by atoms with E-state index in [1.54, 1.807) is 31.0 Å². The van der Waals surface area contributed by atoms with E-state index in [1.165, 1.54) is 0 Å². The van der Waals surface area contributed by atoms with Crippen LogP contribution in [0.15, 0.2) is 22.7 Å². The summed E-state index contributed by atoms with van der Waals surface area (Å²) in [5, 5.41) is 18.1. The van der Waals surface area contributed by atoms with Crippen LogP contribution in [0.4, 0.5) is 5.69 Å². The molecular weight excluding hydrogens is 244 g/mol. The molecule has 0 saturated carbocycles. The first-order valence-electron chi connectivity index (χ1n) is 4.16. The van der Waals surface area contributed by atoms with Crippen LogP contribution in [-0.2, 0) is 0 Å². The largest absolute Gasteiger partial charge is 0.374 e. The van der Waals surface area contributed by atoms with Crippen LogP contribution in [0.3, 0.4) is 0 Å². The molecule has 0 aliphatic heterocycles. The first kappa shape index (κ1) is 11.0. The molecule has 14 heavy (non-hydrogen) atoms. The predicted molar refractivity (Wildman–Crippen MR) is 58.9 cm³/mol. The van der Waals surface area contributed by atoms with E-state index in [0.717, 1.165) is 10.2 Å². The molecule has 1 atom stereocenters. The summed E-state index contributed by atoms with van der Waals surface area (Å²) in [7, 11) is 1.77. The third-order valence-corrected chi connectivity index (χ3v) is 2.44. The number of hydrogen-bond donors (Lipinski definition) is 1. The quantitative estimate of drug-likeness (QED) is 0.823. The molecule has 0 aliphatic carbocycles. The second-order valence-corrected chi connectivity index (χ2v) is 3.97. The number of anilines is 1. The minimum Gasteiger partial charge on any atom is -0.374 e. The van der Waals surface area contributed by atoms with Crippen molar-refractivity contribution in [3.05, 3.63) is 28.2 Å². The maximum Gasteiger partial charge on any atom is 0.123 e. The van der Waals surface area contributed by atoms with Crippen molar-refractivity contribution in [3.8, 4) is 6.07 Å². The average Bonchev–Trinajstić information content (AvgIpc) is 2.15. The molecule has 0 spiro atoms. The van der Waals surface area contributed by atoms with Gasteiger partial charge < -0.3 is 10.0 Å². The first-order chi connectivity index (χ1) is 6.54. The number of rotatable bonds is 2. The van der Waals surface area contributed by atoms with Crippen LogP contribution in [0, 0.1) is 11.3 Å². The van der Waals surface area contributed by atoms with Crippen LogP contribution >= 0.6 is 15.9 Å². The number of nitriles is 1. The average molecular weight is 255 g/mol. The van der Waals surface area contributed by atoms with Gasteiger partial charge in [0, 0.05) is 17.2 Å². The Morgan fingerprint density at radius 1 is 1.50 bits per heavy atom. The van der Waals surface area contributed by atoms with E-state index in [-0.39, 0.29) is 0 Å². The van der Waals surface area contributed by atoms with E-state index in [4.69, 9.17) is 5.26 Å². The van der Waals surface area contributed by atoms with E-state index >= 15 is 0 Å². The zero-order valence-corrected chi connectivity index (χ0v) is 9.62. The highest BCUT2D eigenvalue weighted by Gasteiger charge is 2.07. The lowest BCUT2D eigenvalue weighted by molar-refractivity contribution is 0.195. The van der Waals surface area contributed by atoms with E-state index in [2.05, 4.69) is 22.0 Å². The Labute approximate surface area is 91.7 Å². The topological polar surface area (TPSA) is 47.3 Å². The van der Waals surface area contributed by atoms with Gasteiger partial charge in [-0.25, -0.2) is 0 Å². The summed E-state index contributed by atoms with van der Waals surface area (Å²) in [5.41, 5.74) is 1.38. The third-order valence-electron chi connectivity index (χ3n) is 1.98. The second kappa shape index (κ2) is 4.45. The SMILES string of the molecule is CC(O)N(C)c1cc(Br)cc(C#N)c1. The van der Waals surface area contributed by atoms with Gasteiger partial charge >= 0.3 is 0 Å². The molecule has 0 amide bonds. The maximum absolute atomic E-state index is 9.36. The van der Waals surface area contributed by atoms with Gasteiger partial charge in [-0.05, 0) is 25.1 Å². The van der Waals surface area contributed by atoms with Gasteiger partial charge in [-0.1, -0.05) is 15.9 Å². The number of aliphatic hydroxyl groups is 1. The highest BCUT2D eigenvalue weighted by molar-refractivity contribution is 9.10. The molecular formula is C10H11BrN2O. The molecule has 0 aromatic heterocycles. The number of aliphatic hydroxyl groups excluding tert-OH is 1. The predicted octanol–water partition coefficient (Wildman–Crippen LogP) is 2.10. The third kappa shape index (κ3) is 2.47. The van der Waals surface area contributed by atoms with Crippen LogP contribution in [0.5, 0.6) is 0 Å². The first-order valence-corrected chi connectivity index (χ1v) is 4.95. The smallest absolute Gasteiger partial charge is 0.123 e. The molecule has 1 N–H and O–H groups in total. The van der Waals surface area contributed by atoms with Gasteiger partial charge in [0.15, 0.2) is 0 Å². The maximum atomic E-state index is 9.36. The normalized spacial score (nSPS) is 11.9. The van der Waals surface area contributed by atoms with E-state index in [1.807, 2.05) is 6.07 Å². The molecule has 0 aliphatic rings. The lowest BCUT2D eigenvalue weighted by atomic mass is 10.2. The fourth-order valence-electron chi connectivity index (χ4n) is 1.06. The Morgan fingerprint density at radius 3 is 2.64 bits per heavy atom. The van der Waals surface area contributed by atoms with E-state index in [0.29, 0.717) is 5.56 Å². The molecule has 74 valence electrons. The van der Waals surface area contributed by atoms with Crippen molar-refractivity contribution in [1.82, 2.24) is 0 Å². The monoisotopic (exact) mass is 254 g/mol. The van der Waals surface area contributed by atoms with Crippen molar-refractivity contribution in [2.24, 2.45) is 0 Å². The molecule has 1 unspecified atom stereocenters. The molecule has 0 heterocycles. The molecule has 4 heteroatoms. The zero-order chi connectivity index (χ0) is 10.7. The van der Waals surface area contributed by atoms with Crippen molar-refractivity contribution in [2.45, 2.75) is 13.2 Å². The van der Waals surface area contributed by atoms with Gasteiger partial charge in [0.25, 0.3) is 0 Å². The number of nitrogens with zero attached hydrogens (tertiary/aromatic N) is 2. The summed E-state index contributed by atoms with van der Waals surface area (Å²) in [4.78, 5) is 1.69. The van der Waals surface area contributed by atoms with Crippen molar-refractivity contribution < 1.29 is 5.11 Å². The summed E-state index contributed by atoms with van der Waals surface area (Å²) in [6.45, 7) is 1.67. The van der Waals surface area contributed by atoms with E-state index < -0.39 is 6.23 Å². The standard InChI is InChI=1S/C10H11BrN2O/c1-7(14)13(2)10-4-8(6-12)3-9(11)5-10/h3-5,7,14H,1-2H3. The van der Waals surface area contributed by atoms with Crippen molar-refractivity contribution in [2.75, 3.05) is 11.9 Å². The Morgan fingerprint density at radius 2 is 2.14 bits per heavy atom. The summed E-state index contributed by atoms with van der Waals surface area (Å²) in [6, 6.07) is 7.39. The highest BCUT2D eigenvalue weighted by atomic mass is 79.9. The Hall–Kier alpha value is -1.05. The summed E-state index contributed by atoms with van der Waals surface area (Å²) < 4.78 is 0.832. The number of benzene rings is 1. The van der Waals surface area contributed by atoms with Crippen molar-refractivity contribution in [3.63, 3.8) is 0 Å². The van der Waals surface area contributed by atoms with Crippen LogP contribution < -0.4 is 4.90 Å². The minimum atomic E-state index is -0.573. The molecule has 1 rings (SSSR count). The fourth-order valence-corrected chi connectivity index (χ4v) is 1.54. The van der Waals surface area contributed by atoms with Gasteiger partial charge in [-0.3, -0.25) is 0 Å². The van der Waals surface area contributed by atoms with Crippen LogP contribution in [-0.4, -0.2) is 18.4 Å². The Bertz CT molecular complexity index is 371. The number of halogens is 1. The van der Waals surface area contributed by atoms with Gasteiger partial charge in [0.2, 0.25) is 0 Å². The Balaban J connectivity index is 3.10. The molecule has 1 aromatic carbocycles. The van der Waals surface area contributed by atoms with E-state index in [9.17, 15) is 5.11 Å². The lowest BCUT2D eigenvalue weighted by Crippen LogP contribution is -2.28. The molecule has 0 bridgehead atoms. The van der Waals surface area contributed by atoms with Gasteiger partial charge in [-0.2, -0.15) is 5.26 Å². The van der Waals surface area contributed by atoms with Gasteiger partial charge in [0.1, 0.15) is 6.23 Å². The molecule has 0 radical (unpaired) electrons. The minimum absolute atomic E-state index is 0.571. The van der Waals surface area contributed by atoms with Crippen LogP contribution in [0.25, 0.3) is 0 Å². The zero-order valence-electron chi connectivity index (χ0n) is 8.03. The number of hydrogen-bond acceptors (Lipinski definition) is 3. The van der Waals surface area contributed by atoms with Gasteiger partial charge in [0.05, 0.1) is 11.6 Å². The second-order valence-electron chi connectivity index (χ2n) is 3.05. The van der Waals surface area contributed by atoms with Crippen molar-refractivity contribution >= 4 is 21.6 Å². The summed E-state index contributed by atoms with van der Waals surface area (Å²) in [5.74, 6) is 0. The van der Waals surface area contributed by atoms with Crippen molar-refractivity contribution in [1.29, 1.82) is 5.26 Å². The van der Waals surface area contributed by atoms with Gasteiger partial charge in [-0.15, -0.1) is 0 Å². The van der Waals surface area contributed by atoms with Crippen LogP contribution in [0.2, 0.25) is 0 Å². The highest BCUT2D eigenvalue weighted by Crippen LogP contribution is 2.22. The molecule has 0 fully saturated rings. The molecule has 3 nitrogen and oxygen atoms in total. The lowest BCUT2D eigenvalue weighted by Gasteiger charge is -2.22. The molecule has 0 saturated heterocycles. The Kier molecular flexibility index (Phi) is 3.50. The fraction of sp³-hybridized carbons (Fsp3) is 0.300. The van der Waals surface area contributed by atoms with Crippen LogP contribution in [0.1, 0.15) is 12.5 Å². The summed E-state index contributed by atoms with van der Waals surface area (Å²) >= 11 is 3.31. The molecule has 1 aromatic rings. The summed E-state index contributed by atoms with van der Waals surface area (Å²) in [6.07, 6.45) is -0.573.